The summed E-state index contributed by atoms with van der Waals surface area (Å²) in [4.78, 5) is 17.0. The van der Waals surface area contributed by atoms with Crippen LogP contribution in [0.2, 0.25) is 0 Å². The number of aromatic nitrogens is 2. The highest BCUT2D eigenvalue weighted by atomic mass is 16.5. The quantitative estimate of drug-likeness (QED) is 0.754. The molecule has 0 aliphatic carbocycles. The summed E-state index contributed by atoms with van der Waals surface area (Å²) in [6, 6.07) is 11.5. The minimum Gasteiger partial charge on any atom is -0.496 e. The van der Waals surface area contributed by atoms with Gasteiger partial charge < -0.3 is 19.4 Å². The molecule has 0 aliphatic rings. The Bertz CT molecular complexity index is 922. The smallest absolute Gasteiger partial charge is 0.323 e. The van der Waals surface area contributed by atoms with Crippen LogP contribution in [-0.2, 0) is 0 Å². The first-order chi connectivity index (χ1) is 11.4. The van der Waals surface area contributed by atoms with Crippen LogP contribution >= 0.6 is 0 Å². The Morgan fingerprint density at radius 2 is 1.75 bits per heavy atom. The Balaban J connectivity index is 0.00000225. The first-order valence-electron chi connectivity index (χ1n) is 7.89. The predicted molar refractivity (Wildman–Crippen MR) is 98.0 cm³/mol. The second kappa shape index (κ2) is 6.07. The second-order valence-electron chi connectivity index (χ2n) is 7.02. The van der Waals surface area contributed by atoms with Gasteiger partial charge in [0.15, 0.2) is 0 Å². The zero-order valence-electron chi connectivity index (χ0n) is 14.4. The van der Waals surface area contributed by atoms with Gasteiger partial charge >= 0.3 is 5.69 Å². The summed E-state index contributed by atoms with van der Waals surface area (Å²) in [5.74, 6) is 1.50. The molecule has 24 heavy (non-hydrogen) atoms. The number of benzene rings is 2. The topological polar surface area (TPSA) is 67.1 Å². The summed E-state index contributed by atoms with van der Waals surface area (Å²) in [6.07, 6.45) is 0. The minimum absolute atomic E-state index is 0. The van der Waals surface area contributed by atoms with Crippen molar-refractivity contribution in [2.45, 2.75) is 20.8 Å². The molecule has 5 nitrogen and oxygen atoms in total. The van der Waals surface area contributed by atoms with Crippen molar-refractivity contribution in [3.63, 3.8) is 0 Å². The molecule has 0 radical (unpaired) electrons. The van der Waals surface area contributed by atoms with E-state index in [0.717, 1.165) is 33.7 Å². The van der Waals surface area contributed by atoms with Crippen LogP contribution in [-0.4, -0.2) is 23.7 Å². The molecule has 2 N–H and O–H groups in total. The maximum absolute atomic E-state index is 11.5. The van der Waals surface area contributed by atoms with E-state index < -0.39 is 0 Å². The monoisotopic (exact) mass is 328 g/mol. The molecule has 0 amide bonds. The Morgan fingerprint density at radius 1 is 1.04 bits per heavy atom. The van der Waals surface area contributed by atoms with Crippen LogP contribution in [0.1, 0.15) is 22.2 Å². The fourth-order valence-corrected chi connectivity index (χ4v) is 2.57. The highest BCUT2D eigenvalue weighted by molar-refractivity contribution is 5.85. The normalized spacial score (nSPS) is 11.7. The van der Waals surface area contributed by atoms with Crippen molar-refractivity contribution in [1.29, 1.82) is 0 Å². The van der Waals surface area contributed by atoms with E-state index in [1.54, 1.807) is 7.11 Å². The van der Waals surface area contributed by atoms with E-state index in [1.165, 1.54) is 0 Å². The third-order valence-corrected chi connectivity index (χ3v) is 3.67. The SMILES string of the molecule is COc1cccc(OCC(C)(C)C)c1-c1ccc2[nH]c(=O)[nH]c2c1.[HH]. The van der Waals surface area contributed by atoms with Gasteiger partial charge in [0, 0.05) is 1.43 Å². The van der Waals surface area contributed by atoms with Crippen LogP contribution < -0.4 is 15.2 Å². The zero-order valence-corrected chi connectivity index (χ0v) is 14.4. The third-order valence-electron chi connectivity index (χ3n) is 3.67. The minimum atomic E-state index is -0.216. The molecule has 1 aromatic heterocycles. The summed E-state index contributed by atoms with van der Waals surface area (Å²) in [7, 11) is 1.64. The van der Waals surface area contributed by atoms with Gasteiger partial charge in [-0.1, -0.05) is 32.9 Å². The van der Waals surface area contributed by atoms with E-state index in [-0.39, 0.29) is 12.5 Å². The highest BCUT2D eigenvalue weighted by Crippen LogP contribution is 2.39. The maximum atomic E-state index is 11.5. The van der Waals surface area contributed by atoms with Gasteiger partial charge in [0.2, 0.25) is 0 Å². The van der Waals surface area contributed by atoms with Gasteiger partial charge in [0.25, 0.3) is 0 Å². The summed E-state index contributed by atoms with van der Waals surface area (Å²) in [5.41, 5.74) is 3.18. The molecule has 2 aromatic carbocycles. The highest BCUT2D eigenvalue weighted by Gasteiger charge is 2.17. The second-order valence-corrected chi connectivity index (χ2v) is 7.02. The fraction of sp³-hybridized carbons (Fsp3) is 0.316. The molecule has 128 valence electrons. The Morgan fingerprint density at radius 3 is 2.46 bits per heavy atom. The first kappa shape index (κ1) is 16.2. The lowest BCUT2D eigenvalue weighted by molar-refractivity contribution is 0.198. The van der Waals surface area contributed by atoms with Crippen molar-refractivity contribution in [3.8, 4) is 22.6 Å². The molecule has 3 aromatic rings. The van der Waals surface area contributed by atoms with E-state index in [2.05, 4.69) is 30.7 Å². The van der Waals surface area contributed by atoms with Crippen LogP contribution in [0.15, 0.2) is 41.2 Å². The molecule has 0 bridgehead atoms. The van der Waals surface area contributed by atoms with Gasteiger partial charge in [-0.05, 0) is 35.2 Å². The van der Waals surface area contributed by atoms with Crippen molar-refractivity contribution >= 4 is 11.0 Å². The first-order valence-corrected chi connectivity index (χ1v) is 7.89. The zero-order chi connectivity index (χ0) is 17.3. The average molecular weight is 328 g/mol. The molecule has 0 spiro atoms. The van der Waals surface area contributed by atoms with Crippen molar-refractivity contribution in [1.82, 2.24) is 9.97 Å². The van der Waals surface area contributed by atoms with E-state index in [1.807, 2.05) is 36.4 Å². The summed E-state index contributed by atoms with van der Waals surface area (Å²) >= 11 is 0. The lowest BCUT2D eigenvalue weighted by Gasteiger charge is -2.21. The number of hydrogen-bond donors (Lipinski definition) is 2. The summed E-state index contributed by atoms with van der Waals surface area (Å²) in [5, 5.41) is 0. The van der Waals surface area contributed by atoms with Crippen LogP contribution in [0.3, 0.4) is 0 Å². The predicted octanol–water partition coefficient (Wildman–Crippen LogP) is 4.20. The number of nitrogens with one attached hydrogen (secondary N) is 2. The molecule has 3 rings (SSSR count). The number of fused-ring (bicyclic) bond motifs is 1. The van der Waals surface area contributed by atoms with Gasteiger partial charge in [0.1, 0.15) is 11.5 Å². The number of rotatable bonds is 4. The van der Waals surface area contributed by atoms with E-state index in [4.69, 9.17) is 9.47 Å². The molecule has 1 heterocycles. The number of aromatic amines is 2. The molecular weight excluding hydrogens is 304 g/mol. The van der Waals surface area contributed by atoms with E-state index in [0.29, 0.717) is 6.61 Å². The average Bonchev–Trinajstić information content (AvgIpc) is 2.90. The molecule has 0 saturated carbocycles. The molecule has 5 heteroatoms. The number of methoxy groups -OCH3 is 1. The maximum Gasteiger partial charge on any atom is 0.323 e. The molecule has 0 aliphatic heterocycles. The van der Waals surface area contributed by atoms with Gasteiger partial charge in [-0.25, -0.2) is 4.79 Å². The van der Waals surface area contributed by atoms with E-state index in [9.17, 15) is 4.79 Å². The molecule has 0 fully saturated rings. The number of H-pyrrole nitrogens is 2. The Hall–Kier alpha value is -2.69. The lowest BCUT2D eigenvalue weighted by Crippen LogP contribution is -2.17. The standard InChI is InChI=1S/C19H22N2O3.H2/c1-19(2,3)11-24-16-7-5-6-15(23-4)17(16)12-8-9-13-14(10-12)21-18(22)20-13;/h5-10H,11H2,1-4H3,(H2,20,21,22);1H. The Kier molecular flexibility index (Phi) is 4.09. The largest absolute Gasteiger partial charge is 0.496 e. The number of hydrogen-bond acceptors (Lipinski definition) is 3. The number of imidazole rings is 1. The van der Waals surface area contributed by atoms with Gasteiger partial charge in [-0.15, -0.1) is 0 Å². The third kappa shape index (κ3) is 3.30. The van der Waals surface area contributed by atoms with Crippen molar-refractivity contribution in [3.05, 3.63) is 46.9 Å². The summed E-state index contributed by atoms with van der Waals surface area (Å²) in [6.45, 7) is 6.98. The summed E-state index contributed by atoms with van der Waals surface area (Å²) < 4.78 is 11.6. The lowest BCUT2D eigenvalue weighted by atomic mass is 9.98. The molecular formula is C19H24N2O3. The molecule has 0 saturated heterocycles. The van der Waals surface area contributed by atoms with Crippen molar-refractivity contribution in [2.24, 2.45) is 5.41 Å². The van der Waals surface area contributed by atoms with Crippen molar-refractivity contribution in [2.75, 3.05) is 13.7 Å². The Labute approximate surface area is 142 Å². The van der Waals surface area contributed by atoms with Crippen LogP contribution in [0, 0.1) is 5.41 Å². The molecule has 0 unspecified atom stereocenters. The van der Waals surface area contributed by atoms with Gasteiger partial charge in [-0.3, -0.25) is 0 Å². The van der Waals surface area contributed by atoms with Crippen LogP contribution in [0.4, 0.5) is 0 Å². The van der Waals surface area contributed by atoms with Crippen molar-refractivity contribution < 1.29 is 10.9 Å². The molecule has 0 atom stereocenters. The number of ether oxygens (including phenoxy) is 2. The van der Waals surface area contributed by atoms with Crippen LogP contribution in [0.25, 0.3) is 22.2 Å². The van der Waals surface area contributed by atoms with E-state index >= 15 is 0 Å². The van der Waals surface area contributed by atoms with Gasteiger partial charge in [-0.2, -0.15) is 0 Å². The van der Waals surface area contributed by atoms with Crippen LogP contribution in [0.5, 0.6) is 11.5 Å². The van der Waals surface area contributed by atoms with Gasteiger partial charge in [0.05, 0.1) is 30.3 Å². The fourth-order valence-electron chi connectivity index (χ4n) is 2.57.